The SMILES string of the molecule is C[C@H](CC(=O)OCC(=O)Nc1cc(F)ccc1F)c1ccccc1. The van der Waals surface area contributed by atoms with E-state index in [0.29, 0.717) is 0 Å². The Kier molecular flexibility index (Phi) is 6.01. The lowest BCUT2D eigenvalue weighted by Gasteiger charge is -2.11. The summed E-state index contributed by atoms with van der Waals surface area (Å²) in [6.45, 7) is 1.31. The third-order valence-corrected chi connectivity index (χ3v) is 3.41. The van der Waals surface area contributed by atoms with E-state index in [1.165, 1.54) is 0 Å². The lowest BCUT2D eigenvalue weighted by molar-refractivity contribution is -0.147. The summed E-state index contributed by atoms with van der Waals surface area (Å²) >= 11 is 0. The second kappa shape index (κ2) is 8.19. The van der Waals surface area contributed by atoms with Crippen molar-refractivity contribution in [2.75, 3.05) is 11.9 Å². The van der Waals surface area contributed by atoms with Crippen LogP contribution in [0.2, 0.25) is 0 Å². The number of esters is 1. The molecule has 1 N–H and O–H groups in total. The van der Waals surface area contributed by atoms with E-state index in [-0.39, 0.29) is 18.0 Å². The molecule has 0 aliphatic carbocycles. The fourth-order valence-electron chi connectivity index (χ4n) is 2.13. The standard InChI is InChI=1S/C18H17F2NO3/c1-12(13-5-3-2-4-6-13)9-18(23)24-11-17(22)21-16-10-14(19)7-8-15(16)20/h2-8,10,12H,9,11H2,1H3,(H,21,22)/t12-/m1/s1. The molecule has 6 heteroatoms. The average Bonchev–Trinajstić information content (AvgIpc) is 2.57. The molecule has 2 aromatic carbocycles. The van der Waals surface area contributed by atoms with Crippen LogP contribution in [0.4, 0.5) is 14.5 Å². The highest BCUT2D eigenvalue weighted by molar-refractivity contribution is 5.92. The van der Waals surface area contributed by atoms with Gasteiger partial charge in [-0.2, -0.15) is 0 Å². The number of nitrogens with one attached hydrogen (secondary N) is 1. The third-order valence-electron chi connectivity index (χ3n) is 3.41. The summed E-state index contributed by atoms with van der Waals surface area (Å²) in [5, 5.41) is 2.16. The first-order valence-corrected chi connectivity index (χ1v) is 7.41. The van der Waals surface area contributed by atoms with E-state index < -0.39 is 30.1 Å². The molecule has 0 saturated carbocycles. The van der Waals surface area contributed by atoms with Gasteiger partial charge in [0.2, 0.25) is 0 Å². The van der Waals surface area contributed by atoms with E-state index in [4.69, 9.17) is 4.74 Å². The Balaban J connectivity index is 1.81. The number of hydrogen-bond acceptors (Lipinski definition) is 3. The smallest absolute Gasteiger partial charge is 0.306 e. The van der Waals surface area contributed by atoms with Crippen LogP contribution in [0.1, 0.15) is 24.8 Å². The van der Waals surface area contributed by atoms with Crippen molar-refractivity contribution in [3.63, 3.8) is 0 Å². The first kappa shape index (κ1) is 17.6. The molecule has 2 aromatic rings. The van der Waals surface area contributed by atoms with E-state index in [0.717, 1.165) is 23.8 Å². The van der Waals surface area contributed by atoms with Gasteiger partial charge < -0.3 is 10.1 Å². The maximum absolute atomic E-state index is 13.4. The summed E-state index contributed by atoms with van der Waals surface area (Å²) in [4.78, 5) is 23.4. The average molecular weight is 333 g/mol. The lowest BCUT2D eigenvalue weighted by atomic mass is 9.98. The molecule has 24 heavy (non-hydrogen) atoms. The molecule has 0 heterocycles. The molecule has 0 aliphatic rings. The fourth-order valence-corrected chi connectivity index (χ4v) is 2.13. The van der Waals surface area contributed by atoms with Crippen LogP contribution in [-0.2, 0) is 14.3 Å². The van der Waals surface area contributed by atoms with Gasteiger partial charge in [0.05, 0.1) is 12.1 Å². The van der Waals surface area contributed by atoms with Crippen LogP contribution in [0.5, 0.6) is 0 Å². The van der Waals surface area contributed by atoms with Crippen LogP contribution >= 0.6 is 0 Å². The minimum absolute atomic E-state index is 0.0533. The van der Waals surface area contributed by atoms with Crippen LogP contribution in [0.15, 0.2) is 48.5 Å². The summed E-state index contributed by atoms with van der Waals surface area (Å²) in [5.74, 6) is -2.78. The number of anilines is 1. The summed E-state index contributed by atoms with van der Waals surface area (Å²) in [5.41, 5.74) is 0.689. The van der Waals surface area contributed by atoms with Gasteiger partial charge >= 0.3 is 5.97 Å². The molecular formula is C18H17F2NO3. The Hall–Kier alpha value is -2.76. The Morgan fingerprint density at radius 3 is 2.54 bits per heavy atom. The zero-order valence-corrected chi connectivity index (χ0v) is 13.1. The quantitative estimate of drug-likeness (QED) is 0.821. The van der Waals surface area contributed by atoms with Crippen molar-refractivity contribution in [3.05, 3.63) is 65.7 Å². The monoisotopic (exact) mass is 333 g/mol. The Bertz CT molecular complexity index is 719. The number of hydrogen-bond donors (Lipinski definition) is 1. The summed E-state index contributed by atoms with van der Waals surface area (Å²) in [7, 11) is 0. The van der Waals surface area contributed by atoms with Gasteiger partial charge in [-0.1, -0.05) is 37.3 Å². The summed E-state index contributed by atoms with van der Waals surface area (Å²) in [6, 6.07) is 12.1. The molecule has 0 aliphatic heterocycles. The second-order valence-corrected chi connectivity index (χ2v) is 5.35. The van der Waals surface area contributed by atoms with Gasteiger partial charge in [0.15, 0.2) is 6.61 Å². The number of carbonyl (C=O) groups excluding carboxylic acids is 2. The Morgan fingerprint density at radius 2 is 1.83 bits per heavy atom. The van der Waals surface area contributed by atoms with Crippen molar-refractivity contribution >= 4 is 17.6 Å². The minimum atomic E-state index is -0.770. The normalized spacial score (nSPS) is 11.6. The highest BCUT2D eigenvalue weighted by Crippen LogP contribution is 2.19. The Labute approximate surface area is 138 Å². The molecule has 1 amide bonds. The largest absolute Gasteiger partial charge is 0.456 e. The summed E-state index contributed by atoms with van der Waals surface area (Å²) < 4.78 is 31.3. The number of ether oxygens (including phenoxy) is 1. The van der Waals surface area contributed by atoms with Crippen LogP contribution in [-0.4, -0.2) is 18.5 Å². The summed E-state index contributed by atoms with van der Waals surface area (Å²) in [6.07, 6.45) is 0.117. The molecule has 0 fully saturated rings. The maximum atomic E-state index is 13.4. The van der Waals surface area contributed by atoms with E-state index in [1.54, 1.807) is 0 Å². The van der Waals surface area contributed by atoms with E-state index in [2.05, 4.69) is 5.32 Å². The number of amides is 1. The first-order chi connectivity index (χ1) is 11.5. The molecule has 0 bridgehead atoms. The maximum Gasteiger partial charge on any atom is 0.306 e. The lowest BCUT2D eigenvalue weighted by Crippen LogP contribution is -2.22. The minimum Gasteiger partial charge on any atom is -0.456 e. The van der Waals surface area contributed by atoms with E-state index in [1.807, 2.05) is 37.3 Å². The zero-order chi connectivity index (χ0) is 17.5. The van der Waals surface area contributed by atoms with Crippen molar-refractivity contribution in [2.24, 2.45) is 0 Å². The molecule has 1 atom stereocenters. The van der Waals surface area contributed by atoms with Crippen molar-refractivity contribution in [1.82, 2.24) is 0 Å². The topological polar surface area (TPSA) is 55.4 Å². The van der Waals surface area contributed by atoms with Crippen LogP contribution in [0.3, 0.4) is 0 Å². The third kappa shape index (κ3) is 5.15. The van der Waals surface area contributed by atoms with E-state index >= 15 is 0 Å². The molecular weight excluding hydrogens is 316 g/mol. The number of carbonyl (C=O) groups is 2. The van der Waals surface area contributed by atoms with Gasteiger partial charge in [-0.05, 0) is 23.6 Å². The predicted molar refractivity (Wildman–Crippen MR) is 85.4 cm³/mol. The highest BCUT2D eigenvalue weighted by Gasteiger charge is 2.14. The predicted octanol–water partition coefficient (Wildman–Crippen LogP) is 3.64. The highest BCUT2D eigenvalue weighted by atomic mass is 19.1. The van der Waals surface area contributed by atoms with E-state index in [9.17, 15) is 18.4 Å². The molecule has 0 spiro atoms. The van der Waals surface area contributed by atoms with Gasteiger partial charge in [0.25, 0.3) is 5.91 Å². The second-order valence-electron chi connectivity index (χ2n) is 5.35. The molecule has 126 valence electrons. The van der Waals surface area contributed by atoms with Crippen molar-refractivity contribution in [1.29, 1.82) is 0 Å². The van der Waals surface area contributed by atoms with Crippen molar-refractivity contribution in [3.8, 4) is 0 Å². The van der Waals surface area contributed by atoms with Crippen LogP contribution in [0.25, 0.3) is 0 Å². The van der Waals surface area contributed by atoms with Gasteiger partial charge in [0.1, 0.15) is 11.6 Å². The number of rotatable bonds is 6. The van der Waals surface area contributed by atoms with Crippen molar-refractivity contribution in [2.45, 2.75) is 19.3 Å². The molecule has 0 saturated heterocycles. The Morgan fingerprint density at radius 1 is 1.12 bits per heavy atom. The van der Waals surface area contributed by atoms with Gasteiger partial charge in [0, 0.05) is 6.07 Å². The van der Waals surface area contributed by atoms with Gasteiger partial charge in [-0.25, -0.2) is 8.78 Å². The zero-order valence-electron chi connectivity index (χ0n) is 13.1. The van der Waals surface area contributed by atoms with Crippen LogP contribution < -0.4 is 5.32 Å². The number of halogens is 2. The van der Waals surface area contributed by atoms with Gasteiger partial charge in [-0.3, -0.25) is 9.59 Å². The fraction of sp³-hybridized carbons (Fsp3) is 0.222. The van der Waals surface area contributed by atoms with Crippen LogP contribution in [0, 0.1) is 11.6 Å². The molecule has 0 unspecified atom stereocenters. The molecule has 4 nitrogen and oxygen atoms in total. The molecule has 2 rings (SSSR count). The number of benzene rings is 2. The van der Waals surface area contributed by atoms with Gasteiger partial charge in [-0.15, -0.1) is 0 Å². The van der Waals surface area contributed by atoms with Crippen molar-refractivity contribution < 1.29 is 23.1 Å². The molecule has 0 aromatic heterocycles. The molecule has 0 radical (unpaired) electrons. The first-order valence-electron chi connectivity index (χ1n) is 7.41.